The van der Waals surface area contributed by atoms with Crippen LogP contribution in [0.2, 0.25) is 4.34 Å². The zero-order chi connectivity index (χ0) is 13.8. The second-order valence-corrected chi connectivity index (χ2v) is 8.01. The summed E-state index contributed by atoms with van der Waals surface area (Å²) in [6.45, 7) is 4.78. The molecule has 0 radical (unpaired) electrons. The molecule has 1 saturated heterocycles. The van der Waals surface area contributed by atoms with Crippen LogP contribution in [0.3, 0.4) is 0 Å². The molecule has 1 aliphatic carbocycles. The van der Waals surface area contributed by atoms with Gasteiger partial charge < -0.3 is 10.2 Å². The molecule has 3 rings (SSSR count). The summed E-state index contributed by atoms with van der Waals surface area (Å²) in [5.74, 6) is 0.919. The monoisotopic (exact) mass is 312 g/mol. The summed E-state index contributed by atoms with van der Waals surface area (Å²) in [6.07, 6.45) is 8.35. The van der Waals surface area contributed by atoms with E-state index in [9.17, 15) is 0 Å². The summed E-state index contributed by atoms with van der Waals surface area (Å²) in [5, 5.41) is 3.76. The van der Waals surface area contributed by atoms with Gasteiger partial charge in [0.25, 0.3) is 0 Å². The maximum Gasteiger partial charge on any atom is 0.0931 e. The van der Waals surface area contributed by atoms with Gasteiger partial charge in [0.15, 0.2) is 0 Å². The van der Waals surface area contributed by atoms with Crippen LogP contribution >= 0.6 is 22.9 Å². The van der Waals surface area contributed by atoms with Crippen LogP contribution in [0, 0.1) is 5.92 Å². The number of hydrogen-bond donors (Lipinski definition) is 1. The van der Waals surface area contributed by atoms with Crippen molar-refractivity contribution < 1.29 is 0 Å². The molecule has 0 aromatic carbocycles. The van der Waals surface area contributed by atoms with Crippen molar-refractivity contribution in [1.82, 2.24) is 10.2 Å². The van der Waals surface area contributed by atoms with Crippen LogP contribution in [-0.2, 0) is 6.42 Å². The minimum Gasteiger partial charge on any atom is -0.311 e. The van der Waals surface area contributed by atoms with Crippen LogP contribution in [-0.4, -0.2) is 37.1 Å². The SMILES string of the molecule is Clc1ccc(CCN2CCNC(C3CCCCC3)C2)s1. The third-order valence-corrected chi connectivity index (χ3v) is 6.10. The highest BCUT2D eigenvalue weighted by Crippen LogP contribution is 2.28. The molecule has 1 unspecified atom stereocenters. The van der Waals surface area contributed by atoms with Gasteiger partial charge >= 0.3 is 0 Å². The van der Waals surface area contributed by atoms with Crippen LogP contribution < -0.4 is 5.32 Å². The molecule has 1 N–H and O–H groups in total. The minimum absolute atomic E-state index is 0.732. The summed E-state index contributed by atoms with van der Waals surface area (Å²) in [6, 6.07) is 4.92. The van der Waals surface area contributed by atoms with E-state index in [0.717, 1.165) is 29.3 Å². The largest absolute Gasteiger partial charge is 0.311 e. The van der Waals surface area contributed by atoms with E-state index in [1.165, 1.54) is 56.6 Å². The van der Waals surface area contributed by atoms with Crippen LogP contribution in [0.25, 0.3) is 0 Å². The lowest BCUT2D eigenvalue weighted by molar-refractivity contribution is 0.147. The predicted molar refractivity (Wildman–Crippen MR) is 87.8 cm³/mol. The summed E-state index contributed by atoms with van der Waals surface area (Å²) in [5.41, 5.74) is 0. The Morgan fingerprint density at radius 1 is 1.25 bits per heavy atom. The van der Waals surface area contributed by atoms with Crippen molar-refractivity contribution in [3.63, 3.8) is 0 Å². The molecule has 4 heteroatoms. The molecule has 20 heavy (non-hydrogen) atoms. The van der Waals surface area contributed by atoms with Gasteiger partial charge in [-0.1, -0.05) is 30.9 Å². The number of halogens is 1. The summed E-state index contributed by atoms with van der Waals surface area (Å²) < 4.78 is 0.917. The molecule has 2 nitrogen and oxygen atoms in total. The Labute approximate surface area is 131 Å². The summed E-state index contributed by atoms with van der Waals surface area (Å²) in [4.78, 5) is 4.06. The van der Waals surface area contributed by atoms with E-state index in [0.29, 0.717) is 0 Å². The van der Waals surface area contributed by atoms with Gasteiger partial charge in [0, 0.05) is 37.1 Å². The van der Waals surface area contributed by atoms with E-state index < -0.39 is 0 Å². The van der Waals surface area contributed by atoms with Crippen LogP contribution in [0.5, 0.6) is 0 Å². The van der Waals surface area contributed by atoms with Gasteiger partial charge in [0.2, 0.25) is 0 Å². The fourth-order valence-corrected chi connectivity index (χ4v) is 4.73. The smallest absolute Gasteiger partial charge is 0.0931 e. The molecule has 112 valence electrons. The Morgan fingerprint density at radius 2 is 2.10 bits per heavy atom. The highest BCUT2D eigenvalue weighted by molar-refractivity contribution is 7.16. The Hall–Kier alpha value is -0.0900. The first-order chi connectivity index (χ1) is 9.81. The molecule has 2 fully saturated rings. The topological polar surface area (TPSA) is 15.3 Å². The lowest BCUT2D eigenvalue weighted by Crippen LogP contribution is -2.54. The normalized spacial score (nSPS) is 25.9. The minimum atomic E-state index is 0.732. The Bertz CT molecular complexity index is 414. The number of rotatable bonds is 4. The molecule has 1 aliphatic heterocycles. The predicted octanol–water partition coefficient (Wildman–Crippen LogP) is 3.80. The maximum absolute atomic E-state index is 6.00. The number of piperazine rings is 1. The van der Waals surface area contributed by atoms with Crippen LogP contribution in [0.4, 0.5) is 0 Å². The van der Waals surface area contributed by atoms with Crippen molar-refractivity contribution in [1.29, 1.82) is 0 Å². The van der Waals surface area contributed by atoms with Crippen LogP contribution in [0.1, 0.15) is 37.0 Å². The van der Waals surface area contributed by atoms with Crippen molar-refractivity contribution >= 4 is 22.9 Å². The second-order valence-electron chi connectivity index (χ2n) is 6.22. The van der Waals surface area contributed by atoms with Gasteiger partial charge in [-0.2, -0.15) is 0 Å². The van der Waals surface area contributed by atoms with E-state index in [2.05, 4.69) is 16.3 Å². The third kappa shape index (κ3) is 3.97. The first-order valence-corrected chi connectivity index (χ1v) is 9.20. The zero-order valence-electron chi connectivity index (χ0n) is 12.1. The number of nitrogens with one attached hydrogen (secondary N) is 1. The Morgan fingerprint density at radius 3 is 2.85 bits per heavy atom. The second kappa shape index (κ2) is 7.26. The summed E-state index contributed by atoms with van der Waals surface area (Å²) >= 11 is 7.73. The van der Waals surface area contributed by atoms with Crippen LogP contribution in [0.15, 0.2) is 12.1 Å². The van der Waals surface area contributed by atoms with Crippen molar-refractivity contribution in [3.8, 4) is 0 Å². The van der Waals surface area contributed by atoms with Gasteiger partial charge in [0.1, 0.15) is 0 Å². The maximum atomic E-state index is 6.00. The first-order valence-electron chi connectivity index (χ1n) is 8.01. The molecule has 1 saturated carbocycles. The standard InChI is InChI=1S/C16H25ClN2S/c17-16-7-6-14(20-16)8-10-19-11-9-18-15(12-19)13-4-2-1-3-5-13/h6-7,13,15,18H,1-5,8-12H2. The van der Waals surface area contributed by atoms with Gasteiger partial charge in [-0.15, -0.1) is 11.3 Å². The van der Waals surface area contributed by atoms with Gasteiger partial charge in [-0.05, 0) is 37.3 Å². The van der Waals surface area contributed by atoms with Crippen molar-refractivity contribution in [2.24, 2.45) is 5.92 Å². The molecule has 1 atom stereocenters. The highest BCUT2D eigenvalue weighted by atomic mass is 35.5. The lowest BCUT2D eigenvalue weighted by atomic mass is 9.83. The summed E-state index contributed by atoms with van der Waals surface area (Å²) in [7, 11) is 0. The Balaban J connectivity index is 1.47. The lowest BCUT2D eigenvalue weighted by Gasteiger charge is -2.39. The molecule has 0 amide bonds. The number of thiophene rings is 1. The van der Waals surface area contributed by atoms with E-state index in [4.69, 9.17) is 11.6 Å². The van der Waals surface area contributed by atoms with Crippen molar-refractivity contribution in [2.45, 2.75) is 44.6 Å². The third-order valence-electron chi connectivity index (χ3n) is 4.81. The number of hydrogen-bond acceptors (Lipinski definition) is 3. The van der Waals surface area contributed by atoms with Gasteiger partial charge in [0.05, 0.1) is 4.34 Å². The first kappa shape index (κ1) is 14.8. The van der Waals surface area contributed by atoms with Gasteiger partial charge in [-0.3, -0.25) is 0 Å². The fraction of sp³-hybridized carbons (Fsp3) is 0.750. The molecule has 0 bridgehead atoms. The molecule has 1 aromatic rings. The van der Waals surface area contributed by atoms with Gasteiger partial charge in [-0.25, -0.2) is 0 Å². The average molecular weight is 313 g/mol. The molecular weight excluding hydrogens is 288 g/mol. The highest BCUT2D eigenvalue weighted by Gasteiger charge is 2.27. The molecule has 1 aromatic heterocycles. The zero-order valence-corrected chi connectivity index (χ0v) is 13.7. The van der Waals surface area contributed by atoms with E-state index in [1.807, 2.05) is 6.07 Å². The number of nitrogens with zero attached hydrogens (tertiary/aromatic N) is 1. The van der Waals surface area contributed by atoms with E-state index in [1.54, 1.807) is 11.3 Å². The molecule has 2 aliphatic rings. The molecule has 2 heterocycles. The quantitative estimate of drug-likeness (QED) is 0.910. The van der Waals surface area contributed by atoms with E-state index in [-0.39, 0.29) is 0 Å². The Kier molecular flexibility index (Phi) is 5.38. The fourth-order valence-electron chi connectivity index (χ4n) is 3.65. The van der Waals surface area contributed by atoms with E-state index >= 15 is 0 Å². The average Bonchev–Trinajstić information content (AvgIpc) is 2.92. The van der Waals surface area contributed by atoms with Crippen molar-refractivity contribution in [3.05, 3.63) is 21.3 Å². The van der Waals surface area contributed by atoms with Crippen molar-refractivity contribution in [2.75, 3.05) is 26.2 Å². The molecule has 0 spiro atoms. The molecular formula is C16H25ClN2S.